The lowest BCUT2D eigenvalue weighted by Gasteiger charge is -2.30. The lowest BCUT2D eigenvalue weighted by molar-refractivity contribution is 0.0945. The molecular formula is C32H40BrN3O2. The molecule has 38 heavy (non-hydrogen) atoms. The summed E-state index contributed by atoms with van der Waals surface area (Å²) >= 11 is 3.47. The predicted molar refractivity (Wildman–Crippen MR) is 158 cm³/mol. The van der Waals surface area contributed by atoms with Crippen molar-refractivity contribution in [1.29, 1.82) is 5.26 Å². The summed E-state index contributed by atoms with van der Waals surface area (Å²) in [7, 11) is 0. The predicted octanol–water partition coefficient (Wildman–Crippen LogP) is 8.08. The van der Waals surface area contributed by atoms with Crippen molar-refractivity contribution in [2.24, 2.45) is 0 Å². The number of benzene rings is 2. The Balaban J connectivity index is 1.60. The van der Waals surface area contributed by atoms with E-state index in [0.717, 1.165) is 41.6 Å². The van der Waals surface area contributed by atoms with Crippen LogP contribution in [0.4, 0.5) is 0 Å². The van der Waals surface area contributed by atoms with Gasteiger partial charge in [0.15, 0.2) is 0 Å². The van der Waals surface area contributed by atoms with Gasteiger partial charge in [0.1, 0.15) is 17.5 Å². The maximum absolute atomic E-state index is 13.0. The lowest BCUT2D eigenvalue weighted by atomic mass is 9.76. The van der Waals surface area contributed by atoms with E-state index < -0.39 is 0 Å². The van der Waals surface area contributed by atoms with Gasteiger partial charge in [0.05, 0.1) is 12.2 Å². The van der Waals surface area contributed by atoms with E-state index in [2.05, 4.69) is 87.1 Å². The summed E-state index contributed by atoms with van der Waals surface area (Å²) in [5.41, 5.74) is 4.26. The first-order valence-electron chi connectivity index (χ1n) is 13.5. The van der Waals surface area contributed by atoms with Gasteiger partial charge in [0.25, 0.3) is 5.91 Å². The van der Waals surface area contributed by atoms with E-state index in [1.807, 2.05) is 24.3 Å². The Hall–Kier alpha value is -3.04. The monoisotopic (exact) mass is 577 g/mol. The summed E-state index contributed by atoms with van der Waals surface area (Å²) in [6.07, 6.45) is 5.45. The second-order valence-corrected chi connectivity index (χ2v) is 12.0. The minimum Gasteiger partial charge on any atom is -0.493 e. The van der Waals surface area contributed by atoms with Crippen LogP contribution in [0.1, 0.15) is 94.4 Å². The highest BCUT2D eigenvalue weighted by molar-refractivity contribution is 9.10. The Labute approximate surface area is 236 Å². The highest BCUT2D eigenvalue weighted by Gasteiger charge is 2.26. The van der Waals surface area contributed by atoms with Gasteiger partial charge in [-0.15, -0.1) is 0 Å². The SMILES string of the molecule is CCC(C)(C)c1ccc(OCCCCNC(=O)c2c(C#N)ccn2-c2cccc(Br)c2)c(C(C)(C)CC)c1. The van der Waals surface area contributed by atoms with Crippen molar-refractivity contribution in [3.05, 3.63) is 81.6 Å². The Morgan fingerprint density at radius 1 is 1.03 bits per heavy atom. The number of carbonyl (C=O) groups excluding carboxylic acids is 1. The van der Waals surface area contributed by atoms with E-state index in [1.165, 1.54) is 11.1 Å². The molecule has 1 aromatic heterocycles. The zero-order chi connectivity index (χ0) is 27.9. The molecule has 0 unspecified atom stereocenters. The third kappa shape index (κ3) is 6.88. The molecular weight excluding hydrogens is 538 g/mol. The lowest BCUT2D eigenvalue weighted by Crippen LogP contribution is -2.27. The van der Waals surface area contributed by atoms with Crippen LogP contribution in [0.15, 0.2) is 59.2 Å². The maximum Gasteiger partial charge on any atom is 0.269 e. The Morgan fingerprint density at radius 3 is 2.42 bits per heavy atom. The Bertz CT molecular complexity index is 1300. The first-order chi connectivity index (χ1) is 18.0. The summed E-state index contributed by atoms with van der Waals surface area (Å²) in [5.74, 6) is 0.690. The molecule has 0 bridgehead atoms. The number of halogens is 1. The number of rotatable bonds is 12. The highest BCUT2D eigenvalue weighted by atomic mass is 79.9. The van der Waals surface area contributed by atoms with Crippen molar-refractivity contribution in [2.45, 2.75) is 78.1 Å². The van der Waals surface area contributed by atoms with Crippen molar-refractivity contribution in [3.63, 3.8) is 0 Å². The standard InChI is InChI=1S/C32H40BrN3O2/c1-7-31(3,4)24-14-15-28(27(20-24)32(5,6)8-2)38-19-10-9-17-35-30(37)29-23(22-34)16-18-36(29)26-13-11-12-25(33)21-26/h11-16,18,20-21H,7-10,17,19H2,1-6H3,(H,35,37). The van der Waals surface area contributed by atoms with Gasteiger partial charge in [0, 0.05) is 28.5 Å². The summed E-state index contributed by atoms with van der Waals surface area (Å²) in [4.78, 5) is 13.0. The summed E-state index contributed by atoms with van der Waals surface area (Å²) in [6, 6.07) is 18.1. The van der Waals surface area contributed by atoms with Crippen LogP contribution in [-0.2, 0) is 10.8 Å². The minimum absolute atomic E-state index is 0.0187. The average Bonchev–Trinajstić information content (AvgIpc) is 3.35. The number of unbranched alkanes of at least 4 members (excludes halogenated alkanes) is 1. The molecule has 0 aliphatic carbocycles. The van der Waals surface area contributed by atoms with Crippen LogP contribution in [0.25, 0.3) is 5.69 Å². The molecule has 0 atom stereocenters. The molecule has 0 radical (unpaired) electrons. The van der Waals surface area contributed by atoms with Gasteiger partial charge in [-0.05, 0) is 72.4 Å². The van der Waals surface area contributed by atoms with Crippen LogP contribution in [-0.4, -0.2) is 23.6 Å². The molecule has 1 amide bonds. The van der Waals surface area contributed by atoms with Crippen LogP contribution in [0, 0.1) is 11.3 Å². The molecule has 0 aliphatic rings. The normalized spacial score (nSPS) is 11.7. The number of ether oxygens (including phenoxy) is 1. The topological polar surface area (TPSA) is 67.0 Å². The number of carbonyl (C=O) groups is 1. The van der Waals surface area contributed by atoms with E-state index in [-0.39, 0.29) is 16.7 Å². The molecule has 202 valence electrons. The molecule has 2 aromatic carbocycles. The fourth-order valence-electron chi connectivity index (χ4n) is 4.29. The van der Waals surface area contributed by atoms with Gasteiger partial charge in [-0.3, -0.25) is 4.79 Å². The van der Waals surface area contributed by atoms with Gasteiger partial charge in [-0.2, -0.15) is 5.26 Å². The van der Waals surface area contributed by atoms with Gasteiger partial charge in [-0.25, -0.2) is 0 Å². The molecule has 0 spiro atoms. The second kappa shape index (κ2) is 12.7. The zero-order valence-electron chi connectivity index (χ0n) is 23.5. The molecule has 3 aromatic rings. The van der Waals surface area contributed by atoms with E-state index in [9.17, 15) is 10.1 Å². The van der Waals surface area contributed by atoms with Crippen LogP contribution in [0.5, 0.6) is 5.75 Å². The van der Waals surface area contributed by atoms with Crippen molar-refractivity contribution >= 4 is 21.8 Å². The molecule has 6 heteroatoms. The minimum atomic E-state index is -0.256. The summed E-state index contributed by atoms with van der Waals surface area (Å²) in [5, 5.41) is 12.5. The number of nitrogens with zero attached hydrogens (tertiary/aromatic N) is 2. The molecule has 0 aliphatic heterocycles. The molecule has 3 rings (SSSR count). The number of nitriles is 1. The molecule has 1 N–H and O–H groups in total. The number of aromatic nitrogens is 1. The van der Waals surface area contributed by atoms with E-state index >= 15 is 0 Å². The average molecular weight is 579 g/mol. The zero-order valence-corrected chi connectivity index (χ0v) is 25.1. The number of hydrogen-bond acceptors (Lipinski definition) is 3. The third-order valence-corrected chi connectivity index (χ3v) is 8.17. The highest BCUT2D eigenvalue weighted by Crippen LogP contribution is 2.38. The summed E-state index contributed by atoms with van der Waals surface area (Å²) in [6.45, 7) is 14.6. The molecule has 0 saturated carbocycles. The maximum atomic E-state index is 13.0. The molecule has 0 fully saturated rings. The van der Waals surface area contributed by atoms with Crippen LogP contribution >= 0.6 is 15.9 Å². The number of nitrogens with one attached hydrogen (secondary N) is 1. The first kappa shape index (κ1) is 29.5. The van der Waals surface area contributed by atoms with E-state index in [4.69, 9.17) is 4.74 Å². The fraction of sp³-hybridized carbons (Fsp3) is 0.438. The molecule has 0 saturated heterocycles. The Morgan fingerprint density at radius 2 is 1.76 bits per heavy atom. The van der Waals surface area contributed by atoms with Crippen LogP contribution in [0.2, 0.25) is 0 Å². The van der Waals surface area contributed by atoms with Crippen molar-refractivity contribution in [2.75, 3.05) is 13.2 Å². The van der Waals surface area contributed by atoms with Gasteiger partial charge >= 0.3 is 0 Å². The quantitative estimate of drug-likeness (QED) is 0.221. The van der Waals surface area contributed by atoms with Gasteiger partial charge < -0.3 is 14.6 Å². The van der Waals surface area contributed by atoms with E-state index in [0.29, 0.717) is 24.4 Å². The molecule has 5 nitrogen and oxygen atoms in total. The first-order valence-corrected chi connectivity index (χ1v) is 14.3. The Kier molecular flexibility index (Phi) is 9.84. The molecule has 1 heterocycles. The summed E-state index contributed by atoms with van der Waals surface area (Å²) < 4.78 is 8.92. The van der Waals surface area contributed by atoms with Crippen molar-refractivity contribution < 1.29 is 9.53 Å². The van der Waals surface area contributed by atoms with Gasteiger partial charge in [-0.1, -0.05) is 75.7 Å². The van der Waals surface area contributed by atoms with Crippen LogP contribution in [0.3, 0.4) is 0 Å². The third-order valence-electron chi connectivity index (χ3n) is 7.68. The van der Waals surface area contributed by atoms with E-state index in [1.54, 1.807) is 16.8 Å². The largest absolute Gasteiger partial charge is 0.493 e. The van der Waals surface area contributed by atoms with Gasteiger partial charge in [0.2, 0.25) is 0 Å². The van der Waals surface area contributed by atoms with Crippen LogP contribution < -0.4 is 10.1 Å². The smallest absolute Gasteiger partial charge is 0.269 e. The second-order valence-electron chi connectivity index (χ2n) is 11.0. The number of amides is 1. The van der Waals surface area contributed by atoms with Crippen molar-refractivity contribution in [3.8, 4) is 17.5 Å². The number of hydrogen-bond donors (Lipinski definition) is 1. The fourth-order valence-corrected chi connectivity index (χ4v) is 4.68. The van der Waals surface area contributed by atoms with Crippen molar-refractivity contribution in [1.82, 2.24) is 9.88 Å².